The number of carbonyl (C=O) groups is 1. The van der Waals surface area contributed by atoms with Crippen molar-refractivity contribution in [3.05, 3.63) is 77.9 Å². The van der Waals surface area contributed by atoms with Gasteiger partial charge in [0.1, 0.15) is 0 Å². The van der Waals surface area contributed by atoms with E-state index in [1.165, 1.54) is 5.56 Å². The Morgan fingerprint density at radius 1 is 1.15 bits per heavy atom. The van der Waals surface area contributed by atoms with Crippen LogP contribution in [0, 0.1) is 11.8 Å². The number of nitrogens with one attached hydrogen (secondary N) is 1. The maximum atomic E-state index is 12.9. The number of aromatic nitrogens is 4. The zero-order chi connectivity index (χ0) is 23.3. The Bertz CT molecular complexity index is 1070. The van der Waals surface area contributed by atoms with Gasteiger partial charge < -0.3 is 5.32 Å². The van der Waals surface area contributed by atoms with E-state index < -0.39 is 0 Å². The Labute approximate surface area is 201 Å². The van der Waals surface area contributed by atoms with E-state index >= 15 is 0 Å². The van der Waals surface area contributed by atoms with Gasteiger partial charge in [0.25, 0.3) is 0 Å². The number of hydrogen-bond donors (Lipinski definition) is 1. The Balaban J connectivity index is 1.11. The van der Waals surface area contributed by atoms with Crippen LogP contribution in [0.5, 0.6) is 0 Å². The number of amides is 1. The lowest BCUT2D eigenvalue weighted by molar-refractivity contribution is -0.133. The first-order valence-electron chi connectivity index (χ1n) is 12.2. The first kappa shape index (κ1) is 22.7. The molecule has 6 rings (SSSR count). The van der Waals surface area contributed by atoms with Crippen LogP contribution in [0.3, 0.4) is 0 Å². The van der Waals surface area contributed by atoms with Gasteiger partial charge in [0.15, 0.2) is 0 Å². The number of nitrogens with zero attached hydrogens (tertiary/aromatic N) is 6. The van der Waals surface area contributed by atoms with E-state index in [4.69, 9.17) is 0 Å². The summed E-state index contributed by atoms with van der Waals surface area (Å²) >= 11 is 0. The molecule has 0 aliphatic carbocycles. The lowest BCUT2D eigenvalue weighted by atomic mass is 9.75. The minimum atomic E-state index is 0.0691. The standard InChI is InChI=1S/C26H33N7O/c1-31(15-20-6-3-2-4-7-20)16-23-17-33(30-29-23)18-24-12-22-9-11-32(24)19-25(22)26(34)28-14-21-8-5-10-27-13-21/h2-8,10,13,17,22,24-25H,9,11-12,14-16,18-19H2,1H3,(H,28,34)/t22-,24-,25+/m1/s1. The van der Waals surface area contributed by atoms with Crippen molar-refractivity contribution in [2.45, 2.75) is 45.1 Å². The number of piperidine rings is 3. The van der Waals surface area contributed by atoms with Crippen LogP contribution in [0.25, 0.3) is 0 Å². The van der Waals surface area contributed by atoms with Crippen LogP contribution in [0.15, 0.2) is 61.1 Å². The van der Waals surface area contributed by atoms with Gasteiger partial charge in [0.05, 0.1) is 18.2 Å². The van der Waals surface area contributed by atoms with Crippen molar-refractivity contribution in [3.63, 3.8) is 0 Å². The minimum absolute atomic E-state index is 0.0691. The lowest BCUT2D eigenvalue weighted by Crippen LogP contribution is -2.58. The molecule has 2 bridgehead atoms. The van der Waals surface area contributed by atoms with E-state index in [1.807, 2.05) is 22.9 Å². The van der Waals surface area contributed by atoms with E-state index in [-0.39, 0.29) is 11.8 Å². The second kappa shape index (κ2) is 10.4. The molecule has 3 aliphatic rings. The maximum absolute atomic E-state index is 12.9. The molecule has 5 heterocycles. The molecule has 8 nitrogen and oxygen atoms in total. The summed E-state index contributed by atoms with van der Waals surface area (Å²) < 4.78 is 1.98. The highest BCUT2D eigenvalue weighted by Gasteiger charge is 2.43. The summed E-state index contributed by atoms with van der Waals surface area (Å²) in [7, 11) is 2.11. The van der Waals surface area contributed by atoms with Crippen molar-refractivity contribution >= 4 is 5.91 Å². The van der Waals surface area contributed by atoms with Crippen LogP contribution in [-0.2, 0) is 31.0 Å². The minimum Gasteiger partial charge on any atom is -0.352 e. The van der Waals surface area contributed by atoms with Crippen molar-refractivity contribution in [2.24, 2.45) is 11.8 Å². The first-order chi connectivity index (χ1) is 16.6. The molecule has 0 radical (unpaired) electrons. The van der Waals surface area contributed by atoms with E-state index in [0.717, 1.165) is 56.8 Å². The molecule has 0 saturated carbocycles. The fraction of sp³-hybridized carbons (Fsp3) is 0.462. The molecule has 0 spiro atoms. The molecule has 34 heavy (non-hydrogen) atoms. The van der Waals surface area contributed by atoms with Gasteiger partial charge in [-0.2, -0.15) is 0 Å². The van der Waals surface area contributed by atoms with Gasteiger partial charge in [-0.25, -0.2) is 0 Å². The summed E-state index contributed by atoms with van der Waals surface area (Å²) in [4.78, 5) is 21.7. The molecule has 4 atom stereocenters. The fourth-order valence-corrected chi connectivity index (χ4v) is 5.39. The van der Waals surface area contributed by atoms with E-state index in [0.29, 0.717) is 18.5 Å². The molecule has 1 unspecified atom stereocenters. The number of hydrogen-bond acceptors (Lipinski definition) is 6. The highest BCUT2D eigenvalue weighted by atomic mass is 16.1. The van der Waals surface area contributed by atoms with Gasteiger partial charge in [-0.15, -0.1) is 5.10 Å². The second-order valence-electron chi connectivity index (χ2n) is 9.71. The highest BCUT2D eigenvalue weighted by Crippen LogP contribution is 2.37. The van der Waals surface area contributed by atoms with Crippen LogP contribution in [-0.4, -0.2) is 61.9 Å². The van der Waals surface area contributed by atoms with Gasteiger partial charge in [-0.3, -0.25) is 24.3 Å². The average molecular weight is 460 g/mol. The number of pyridine rings is 1. The van der Waals surface area contributed by atoms with Gasteiger partial charge in [-0.1, -0.05) is 41.6 Å². The Kier molecular flexibility index (Phi) is 6.97. The molecule has 3 aromatic rings. The summed E-state index contributed by atoms with van der Waals surface area (Å²) in [6.07, 6.45) is 7.75. The summed E-state index contributed by atoms with van der Waals surface area (Å²) in [5.41, 5.74) is 3.32. The topological polar surface area (TPSA) is 79.2 Å². The van der Waals surface area contributed by atoms with Crippen molar-refractivity contribution < 1.29 is 4.79 Å². The van der Waals surface area contributed by atoms with Gasteiger partial charge in [0.2, 0.25) is 5.91 Å². The average Bonchev–Trinajstić information content (AvgIpc) is 3.30. The van der Waals surface area contributed by atoms with Crippen LogP contribution >= 0.6 is 0 Å². The highest BCUT2D eigenvalue weighted by molar-refractivity contribution is 5.79. The SMILES string of the molecule is CN(Cc1ccccc1)Cc1cn(C[C@H]2C[C@H]3CCN2C[C@@H]3C(=O)NCc2cccnc2)nn1. The molecule has 8 heteroatoms. The molecule has 2 aromatic heterocycles. The largest absolute Gasteiger partial charge is 0.352 e. The van der Waals surface area contributed by atoms with E-state index in [2.05, 4.69) is 67.9 Å². The predicted octanol–water partition coefficient (Wildman–Crippen LogP) is 2.33. The third kappa shape index (κ3) is 5.51. The van der Waals surface area contributed by atoms with E-state index in [1.54, 1.807) is 12.4 Å². The van der Waals surface area contributed by atoms with E-state index in [9.17, 15) is 4.79 Å². The van der Waals surface area contributed by atoms with Crippen LogP contribution in [0.1, 0.15) is 29.7 Å². The fourth-order valence-electron chi connectivity index (χ4n) is 5.39. The third-order valence-corrected chi connectivity index (χ3v) is 7.12. The Hall–Kier alpha value is -3.10. The number of carbonyl (C=O) groups excluding carboxylic acids is 1. The predicted molar refractivity (Wildman–Crippen MR) is 129 cm³/mol. The van der Waals surface area contributed by atoms with Crippen molar-refractivity contribution in [2.75, 3.05) is 20.1 Å². The quantitative estimate of drug-likeness (QED) is 0.529. The monoisotopic (exact) mass is 459 g/mol. The van der Waals surface area contributed by atoms with Crippen molar-refractivity contribution in [1.29, 1.82) is 0 Å². The lowest BCUT2D eigenvalue weighted by Gasteiger charge is -2.49. The Morgan fingerprint density at radius 2 is 2.00 bits per heavy atom. The molecule has 1 aromatic carbocycles. The second-order valence-corrected chi connectivity index (χ2v) is 9.71. The Morgan fingerprint density at radius 3 is 2.76 bits per heavy atom. The normalized spacial score (nSPS) is 23.8. The van der Waals surface area contributed by atoms with Gasteiger partial charge in [0, 0.05) is 50.8 Å². The third-order valence-electron chi connectivity index (χ3n) is 7.12. The molecule has 3 aliphatic heterocycles. The zero-order valence-electron chi connectivity index (χ0n) is 19.8. The summed E-state index contributed by atoms with van der Waals surface area (Å²) in [6, 6.07) is 14.8. The van der Waals surface area contributed by atoms with Crippen LogP contribution < -0.4 is 5.32 Å². The molecular weight excluding hydrogens is 426 g/mol. The molecule has 3 fully saturated rings. The number of fused-ring (bicyclic) bond motifs is 3. The molecule has 1 amide bonds. The van der Waals surface area contributed by atoms with Gasteiger partial charge in [-0.05, 0) is 49.5 Å². The zero-order valence-corrected chi connectivity index (χ0v) is 19.8. The molecule has 1 N–H and O–H groups in total. The summed E-state index contributed by atoms with van der Waals surface area (Å²) in [6.45, 7) is 4.91. The first-order valence-corrected chi connectivity index (χ1v) is 12.2. The van der Waals surface area contributed by atoms with Crippen molar-refractivity contribution in [3.8, 4) is 0 Å². The maximum Gasteiger partial charge on any atom is 0.224 e. The summed E-state index contributed by atoms with van der Waals surface area (Å²) in [5, 5.41) is 11.9. The number of benzene rings is 1. The molecule has 3 saturated heterocycles. The van der Waals surface area contributed by atoms with Crippen LogP contribution in [0.2, 0.25) is 0 Å². The summed E-state index contributed by atoms with van der Waals surface area (Å²) in [5.74, 6) is 0.671. The van der Waals surface area contributed by atoms with Crippen LogP contribution in [0.4, 0.5) is 0 Å². The van der Waals surface area contributed by atoms with Gasteiger partial charge >= 0.3 is 0 Å². The molecule has 178 valence electrons. The number of rotatable bonds is 9. The smallest absolute Gasteiger partial charge is 0.224 e. The molecular formula is C26H33N7O. The van der Waals surface area contributed by atoms with Crippen molar-refractivity contribution in [1.82, 2.24) is 35.1 Å².